The van der Waals surface area contributed by atoms with Crippen molar-refractivity contribution in [2.45, 2.75) is 64.6 Å². The molecule has 1 aromatic carbocycles. The lowest BCUT2D eigenvalue weighted by Crippen LogP contribution is -2.33. The first-order valence-electron chi connectivity index (χ1n) is 10.8. The van der Waals surface area contributed by atoms with E-state index in [2.05, 4.69) is 4.98 Å². The number of esters is 1. The lowest BCUT2D eigenvalue weighted by atomic mass is 10.1. The van der Waals surface area contributed by atoms with Crippen LogP contribution in [0.3, 0.4) is 0 Å². The number of carbonyl (C=O) groups excluding carboxylic acids is 2. The summed E-state index contributed by atoms with van der Waals surface area (Å²) in [6.07, 6.45) is -0.727. The zero-order chi connectivity index (χ0) is 24.0. The minimum atomic E-state index is -0.872. The van der Waals surface area contributed by atoms with Crippen LogP contribution in [-0.4, -0.2) is 40.5 Å². The van der Waals surface area contributed by atoms with E-state index < -0.39 is 47.9 Å². The van der Waals surface area contributed by atoms with Crippen molar-refractivity contribution < 1.29 is 28.5 Å². The van der Waals surface area contributed by atoms with E-state index in [1.54, 1.807) is 6.92 Å². The first-order valence-corrected chi connectivity index (χ1v) is 10.8. The van der Waals surface area contributed by atoms with Crippen molar-refractivity contribution >= 4 is 12.1 Å². The largest absolute Gasteiger partial charge is 0.508 e. The van der Waals surface area contributed by atoms with E-state index >= 15 is 0 Å². The van der Waals surface area contributed by atoms with Gasteiger partial charge in [0, 0.05) is 25.1 Å². The zero-order valence-corrected chi connectivity index (χ0v) is 18.8. The van der Waals surface area contributed by atoms with Crippen LogP contribution in [0.25, 0.3) is 0 Å². The molecular formula is C23H28N2O8. The number of benzene rings is 1. The van der Waals surface area contributed by atoms with Gasteiger partial charge in [-0.15, -0.1) is 0 Å². The van der Waals surface area contributed by atoms with Crippen LogP contribution in [-0.2, 0) is 23.7 Å². The maximum atomic E-state index is 12.4. The molecule has 10 heteroatoms. The zero-order valence-electron chi connectivity index (χ0n) is 18.8. The highest BCUT2D eigenvalue weighted by Gasteiger charge is 2.40. The molecule has 0 spiro atoms. The van der Waals surface area contributed by atoms with Gasteiger partial charge in [0.05, 0.1) is 0 Å². The number of hydrogen-bond donors (Lipinski definition) is 1. The van der Waals surface area contributed by atoms with Crippen LogP contribution in [0.1, 0.15) is 56.6 Å². The molecule has 4 atom stereocenters. The summed E-state index contributed by atoms with van der Waals surface area (Å²) in [6.45, 7) is 4.56. The molecule has 1 aromatic heterocycles. The summed E-state index contributed by atoms with van der Waals surface area (Å²) in [5, 5.41) is 0. The highest BCUT2D eigenvalue weighted by molar-refractivity contribution is 5.66. The van der Waals surface area contributed by atoms with E-state index in [9.17, 15) is 19.2 Å². The van der Waals surface area contributed by atoms with Crippen molar-refractivity contribution in [2.24, 2.45) is 0 Å². The van der Waals surface area contributed by atoms with Gasteiger partial charge in [0.25, 0.3) is 5.56 Å². The molecule has 10 nitrogen and oxygen atoms in total. The number of nitrogens with zero attached hydrogens (tertiary/aromatic N) is 1. The number of carbonyl (C=O) groups is 2. The van der Waals surface area contributed by atoms with Crippen LogP contribution in [0.2, 0.25) is 0 Å². The molecule has 0 saturated carbocycles. The Morgan fingerprint density at radius 1 is 1.24 bits per heavy atom. The smallest absolute Gasteiger partial charge is 0.459 e. The number of H-pyrrole nitrogens is 1. The van der Waals surface area contributed by atoms with Gasteiger partial charge in [-0.1, -0.05) is 43.7 Å². The molecule has 178 valence electrons. The van der Waals surface area contributed by atoms with Gasteiger partial charge in [0.2, 0.25) is 0 Å². The fraction of sp³-hybridized carbons (Fsp3) is 0.478. The number of aromatic amines is 1. The maximum Gasteiger partial charge on any atom is 0.508 e. The molecule has 0 aliphatic carbocycles. The lowest BCUT2D eigenvalue weighted by Gasteiger charge is -2.20. The minimum Gasteiger partial charge on any atom is -0.459 e. The van der Waals surface area contributed by atoms with Crippen molar-refractivity contribution in [3.05, 3.63) is 68.5 Å². The number of hydrogen-bond acceptors (Lipinski definition) is 8. The number of aryl methyl sites for hydroxylation is 1. The van der Waals surface area contributed by atoms with Gasteiger partial charge in [0.1, 0.15) is 31.1 Å². The molecule has 0 amide bonds. The molecule has 1 fully saturated rings. The Balaban J connectivity index is 1.67. The van der Waals surface area contributed by atoms with Gasteiger partial charge in [-0.3, -0.25) is 19.1 Å². The Morgan fingerprint density at radius 2 is 1.97 bits per heavy atom. The van der Waals surface area contributed by atoms with Crippen molar-refractivity contribution in [3.63, 3.8) is 0 Å². The molecule has 1 aliphatic rings. The normalized spacial score (nSPS) is 20.8. The van der Waals surface area contributed by atoms with E-state index in [0.717, 1.165) is 12.0 Å². The first-order chi connectivity index (χ1) is 15.8. The summed E-state index contributed by atoms with van der Waals surface area (Å²) >= 11 is 0. The molecule has 3 rings (SSSR count). The fourth-order valence-electron chi connectivity index (χ4n) is 3.68. The van der Waals surface area contributed by atoms with E-state index in [1.165, 1.54) is 17.7 Å². The molecule has 2 aromatic rings. The molecule has 2 heterocycles. The highest BCUT2D eigenvalue weighted by atomic mass is 16.7. The first kappa shape index (κ1) is 24.2. The second-order valence-electron chi connectivity index (χ2n) is 7.86. The minimum absolute atomic E-state index is 0.149. The summed E-state index contributed by atoms with van der Waals surface area (Å²) in [4.78, 5) is 50.0. The van der Waals surface area contributed by atoms with Crippen molar-refractivity contribution in [2.75, 3.05) is 6.61 Å². The summed E-state index contributed by atoms with van der Waals surface area (Å²) in [5.74, 6) is -0.533. The number of rotatable bonds is 8. The predicted molar refractivity (Wildman–Crippen MR) is 117 cm³/mol. The van der Waals surface area contributed by atoms with Crippen LogP contribution < -0.4 is 11.2 Å². The Kier molecular flexibility index (Phi) is 8.05. The molecule has 0 radical (unpaired) electrons. The Bertz CT molecular complexity index is 1080. The maximum absolute atomic E-state index is 12.4. The third-order valence-corrected chi connectivity index (χ3v) is 5.28. The highest BCUT2D eigenvalue weighted by Crippen LogP contribution is 2.31. The van der Waals surface area contributed by atoms with Gasteiger partial charge in [-0.2, -0.15) is 0 Å². The standard InChI is InChI=1S/C23H28N2O8/c1-4-8-17(16-9-6-5-7-10-16)33-23(29)30-13-19-18(31-15(3)26)11-20(32-19)25-12-14(2)21(27)24-22(25)28/h5-7,9-10,12,17-20H,4,8,11,13H2,1-3H3,(H,24,27,28)/t17?,18-,19+,20+/m0/s1. The predicted octanol–water partition coefficient (Wildman–Crippen LogP) is 2.76. The van der Waals surface area contributed by atoms with Gasteiger partial charge in [-0.25, -0.2) is 9.59 Å². The average molecular weight is 460 g/mol. The molecule has 1 unspecified atom stereocenters. The van der Waals surface area contributed by atoms with E-state index in [4.69, 9.17) is 18.9 Å². The summed E-state index contributed by atoms with van der Waals surface area (Å²) in [7, 11) is 0. The third-order valence-electron chi connectivity index (χ3n) is 5.28. The van der Waals surface area contributed by atoms with E-state index in [-0.39, 0.29) is 13.0 Å². The Morgan fingerprint density at radius 3 is 2.64 bits per heavy atom. The van der Waals surface area contributed by atoms with Crippen molar-refractivity contribution in [1.82, 2.24) is 9.55 Å². The Hall–Kier alpha value is -3.40. The van der Waals surface area contributed by atoms with E-state index in [0.29, 0.717) is 12.0 Å². The van der Waals surface area contributed by atoms with Crippen LogP contribution in [0.4, 0.5) is 4.79 Å². The molecular weight excluding hydrogens is 432 g/mol. The number of aromatic nitrogens is 2. The second kappa shape index (κ2) is 11.0. The molecule has 1 aliphatic heterocycles. The summed E-state index contributed by atoms with van der Waals surface area (Å²) < 4.78 is 23.1. The van der Waals surface area contributed by atoms with Crippen LogP contribution in [0, 0.1) is 6.92 Å². The number of ether oxygens (including phenoxy) is 4. The second-order valence-corrected chi connectivity index (χ2v) is 7.86. The summed E-state index contributed by atoms with van der Waals surface area (Å²) in [6, 6.07) is 9.35. The average Bonchev–Trinajstić information content (AvgIpc) is 3.16. The van der Waals surface area contributed by atoms with Gasteiger partial charge in [0.15, 0.2) is 0 Å². The van der Waals surface area contributed by atoms with Gasteiger partial charge in [-0.05, 0) is 18.9 Å². The van der Waals surface area contributed by atoms with Gasteiger partial charge >= 0.3 is 17.8 Å². The summed E-state index contributed by atoms with van der Waals surface area (Å²) in [5.41, 5.74) is 0.0457. The van der Waals surface area contributed by atoms with Crippen LogP contribution in [0.5, 0.6) is 0 Å². The fourth-order valence-corrected chi connectivity index (χ4v) is 3.68. The van der Waals surface area contributed by atoms with Crippen LogP contribution in [0.15, 0.2) is 46.1 Å². The monoisotopic (exact) mass is 460 g/mol. The topological polar surface area (TPSA) is 126 Å². The van der Waals surface area contributed by atoms with E-state index in [1.807, 2.05) is 37.3 Å². The van der Waals surface area contributed by atoms with Crippen molar-refractivity contribution in [1.29, 1.82) is 0 Å². The van der Waals surface area contributed by atoms with Crippen LogP contribution >= 0.6 is 0 Å². The third kappa shape index (κ3) is 6.32. The van der Waals surface area contributed by atoms with Crippen molar-refractivity contribution in [3.8, 4) is 0 Å². The van der Waals surface area contributed by atoms with Gasteiger partial charge < -0.3 is 18.9 Å². The molecule has 1 N–H and O–H groups in total. The molecule has 1 saturated heterocycles. The SMILES string of the molecule is CCCC(OC(=O)OC[C@H]1O[C@@H](n2cc(C)c(=O)[nH]c2=O)C[C@@H]1OC(C)=O)c1ccccc1. The Labute approximate surface area is 190 Å². The molecule has 33 heavy (non-hydrogen) atoms. The molecule has 0 bridgehead atoms. The lowest BCUT2D eigenvalue weighted by molar-refractivity contribution is -0.150. The number of nitrogens with one attached hydrogen (secondary N) is 1. The quantitative estimate of drug-likeness (QED) is 0.596.